The van der Waals surface area contributed by atoms with Crippen molar-refractivity contribution in [2.45, 2.75) is 0 Å². The smallest absolute Gasteiger partial charge is 0.162 e. The van der Waals surface area contributed by atoms with Crippen LogP contribution < -0.4 is 4.74 Å². The van der Waals surface area contributed by atoms with Crippen molar-refractivity contribution in [3.8, 4) is 16.9 Å². The second-order valence-corrected chi connectivity index (χ2v) is 3.20. The van der Waals surface area contributed by atoms with Crippen LogP contribution in [-0.4, -0.2) is 12.1 Å². The summed E-state index contributed by atoms with van der Waals surface area (Å²) in [6.45, 7) is 0. The van der Waals surface area contributed by atoms with E-state index in [4.69, 9.17) is 4.74 Å². The third-order valence-corrected chi connectivity index (χ3v) is 2.23. The van der Waals surface area contributed by atoms with Gasteiger partial charge in [0, 0.05) is 24.0 Å². The van der Waals surface area contributed by atoms with Gasteiger partial charge in [0.25, 0.3) is 0 Å². The lowest BCUT2D eigenvalue weighted by Crippen LogP contribution is -1.92. The van der Waals surface area contributed by atoms with Crippen LogP contribution in [0.2, 0.25) is 0 Å². The Kier molecular flexibility index (Phi) is 2.81. The van der Waals surface area contributed by atoms with Crippen LogP contribution in [0, 0.1) is 11.6 Å². The van der Waals surface area contributed by atoms with Gasteiger partial charge in [-0.25, -0.2) is 8.78 Å². The van der Waals surface area contributed by atoms with Crippen LogP contribution in [0.25, 0.3) is 11.1 Å². The molecule has 1 aromatic heterocycles. The zero-order valence-electron chi connectivity index (χ0n) is 8.58. The minimum atomic E-state index is -0.922. The largest absolute Gasteiger partial charge is 0.496 e. The normalized spacial score (nSPS) is 10.2. The summed E-state index contributed by atoms with van der Waals surface area (Å²) in [6, 6.07) is 5.55. The van der Waals surface area contributed by atoms with Crippen LogP contribution in [0.3, 0.4) is 0 Å². The van der Waals surface area contributed by atoms with E-state index in [2.05, 4.69) is 4.98 Å². The standard InChI is InChI=1S/C12H9F2NO/c1-16-12-7-11(14)10(13)6-9(12)8-2-4-15-5-3-8/h2-7H,1H3. The Bertz CT molecular complexity index is 500. The highest BCUT2D eigenvalue weighted by atomic mass is 19.2. The summed E-state index contributed by atoms with van der Waals surface area (Å²) >= 11 is 0. The molecule has 0 atom stereocenters. The second kappa shape index (κ2) is 4.26. The minimum absolute atomic E-state index is 0.296. The first kappa shape index (κ1) is 10.5. The Balaban J connectivity index is 2.60. The molecule has 0 unspecified atom stereocenters. The highest BCUT2D eigenvalue weighted by molar-refractivity contribution is 5.70. The number of aromatic nitrogens is 1. The lowest BCUT2D eigenvalue weighted by atomic mass is 10.1. The Morgan fingerprint density at radius 1 is 1.06 bits per heavy atom. The molecule has 0 saturated carbocycles. The molecule has 2 aromatic rings. The van der Waals surface area contributed by atoms with E-state index < -0.39 is 11.6 Å². The zero-order chi connectivity index (χ0) is 11.5. The van der Waals surface area contributed by atoms with Crippen molar-refractivity contribution in [3.05, 3.63) is 48.3 Å². The van der Waals surface area contributed by atoms with Gasteiger partial charge in [-0.2, -0.15) is 0 Å². The van der Waals surface area contributed by atoms with Crippen molar-refractivity contribution < 1.29 is 13.5 Å². The lowest BCUT2D eigenvalue weighted by Gasteiger charge is -2.08. The molecule has 0 amide bonds. The van der Waals surface area contributed by atoms with Gasteiger partial charge >= 0.3 is 0 Å². The molecule has 0 saturated heterocycles. The van der Waals surface area contributed by atoms with Gasteiger partial charge in [-0.15, -0.1) is 0 Å². The van der Waals surface area contributed by atoms with E-state index in [1.165, 1.54) is 7.11 Å². The number of methoxy groups -OCH3 is 1. The van der Waals surface area contributed by atoms with Gasteiger partial charge in [-0.3, -0.25) is 4.98 Å². The molecule has 0 bridgehead atoms. The summed E-state index contributed by atoms with van der Waals surface area (Å²) < 4.78 is 31.1. The molecule has 0 N–H and O–H groups in total. The molecule has 0 spiro atoms. The van der Waals surface area contributed by atoms with Crippen LogP contribution in [0.15, 0.2) is 36.7 Å². The van der Waals surface area contributed by atoms with E-state index in [1.807, 2.05) is 0 Å². The van der Waals surface area contributed by atoms with Crippen LogP contribution in [0.4, 0.5) is 8.78 Å². The maximum atomic E-state index is 13.1. The van der Waals surface area contributed by atoms with E-state index in [-0.39, 0.29) is 0 Å². The molecule has 2 nitrogen and oxygen atoms in total. The van der Waals surface area contributed by atoms with E-state index in [0.717, 1.165) is 17.7 Å². The topological polar surface area (TPSA) is 22.1 Å². The molecule has 16 heavy (non-hydrogen) atoms. The van der Waals surface area contributed by atoms with Gasteiger partial charge in [0.05, 0.1) is 7.11 Å². The number of rotatable bonds is 2. The van der Waals surface area contributed by atoms with Gasteiger partial charge in [0.1, 0.15) is 5.75 Å². The Morgan fingerprint density at radius 3 is 2.31 bits per heavy atom. The molecule has 0 fully saturated rings. The molecular weight excluding hydrogens is 212 g/mol. The SMILES string of the molecule is COc1cc(F)c(F)cc1-c1ccncc1. The summed E-state index contributed by atoms with van der Waals surface area (Å²) in [5, 5.41) is 0. The molecule has 4 heteroatoms. The molecule has 1 aromatic carbocycles. The average molecular weight is 221 g/mol. The molecule has 2 rings (SSSR count). The van der Waals surface area contributed by atoms with Crippen LogP contribution >= 0.6 is 0 Å². The first-order chi connectivity index (χ1) is 7.72. The third-order valence-electron chi connectivity index (χ3n) is 2.23. The van der Waals surface area contributed by atoms with Crippen LogP contribution in [0.5, 0.6) is 5.75 Å². The van der Waals surface area contributed by atoms with Crippen molar-refractivity contribution in [2.24, 2.45) is 0 Å². The van der Waals surface area contributed by atoms with E-state index in [9.17, 15) is 8.78 Å². The van der Waals surface area contributed by atoms with Gasteiger partial charge < -0.3 is 4.74 Å². The molecule has 82 valence electrons. The quantitative estimate of drug-likeness (QED) is 0.777. The monoisotopic (exact) mass is 221 g/mol. The summed E-state index contributed by atoms with van der Waals surface area (Å²) in [7, 11) is 1.41. The van der Waals surface area contributed by atoms with Crippen molar-refractivity contribution in [1.29, 1.82) is 0 Å². The predicted molar refractivity (Wildman–Crippen MR) is 56.1 cm³/mol. The molecule has 1 heterocycles. The molecule has 0 aliphatic carbocycles. The number of pyridine rings is 1. The Morgan fingerprint density at radius 2 is 1.69 bits per heavy atom. The number of ether oxygens (including phenoxy) is 1. The number of hydrogen-bond donors (Lipinski definition) is 0. The summed E-state index contributed by atoms with van der Waals surface area (Å²) in [4.78, 5) is 3.86. The van der Waals surface area contributed by atoms with Crippen LogP contribution in [-0.2, 0) is 0 Å². The predicted octanol–water partition coefficient (Wildman–Crippen LogP) is 3.04. The van der Waals surface area contributed by atoms with E-state index >= 15 is 0 Å². The molecule has 0 radical (unpaired) electrons. The molecule has 0 aliphatic heterocycles. The van der Waals surface area contributed by atoms with Crippen molar-refractivity contribution in [1.82, 2.24) is 4.98 Å². The van der Waals surface area contributed by atoms with Gasteiger partial charge in [0.2, 0.25) is 0 Å². The summed E-state index contributed by atoms with van der Waals surface area (Å²) in [5.74, 6) is -1.52. The Labute approximate surface area is 91.5 Å². The highest BCUT2D eigenvalue weighted by Gasteiger charge is 2.11. The first-order valence-electron chi connectivity index (χ1n) is 4.66. The van der Waals surface area contributed by atoms with E-state index in [1.54, 1.807) is 24.5 Å². The maximum Gasteiger partial charge on any atom is 0.162 e. The first-order valence-corrected chi connectivity index (χ1v) is 4.66. The Hall–Kier alpha value is -1.97. The van der Waals surface area contributed by atoms with E-state index in [0.29, 0.717) is 11.3 Å². The number of benzene rings is 1. The maximum absolute atomic E-state index is 13.1. The highest BCUT2D eigenvalue weighted by Crippen LogP contribution is 2.31. The summed E-state index contributed by atoms with van der Waals surface area (Å²) in [5.41, 5.74) is 1.23. The van der Waals surface area contributed by atoms with Crippen molar-refractivity contribution in [3.63, 3.8) is 0 Å². The van der Waals surface area contributed by atoms with Crippen molar-refractivity contribution in [2.75, 3.05) is 7.11 Å². The van der Waals surface area contributed by atoms with Gasteiger partial charge in [-0.1, -0.05) is 0 Å². The van der Waals surface area contributed by atoms with Gasteiger partial charge in [-0.05, 0) is 23.8 Å². The zero-order valence-corrected chi connectivity index (χ0v) is 8.58. The number of hydrogen-bond acceptors (Lipinski definition) is 2. The average Bonchev–Trinajstić information content (AvgIpc) is 2.33. The fourth-order valence-corrected chi connectivity index (χ4v) is 1.45. The lowest BCUT2D eigenvalue weighted by molar-refractivity contribution is 0.408. The number of nitrogens with zero attached hydrogens (tertiary/aromatic N) is 1. The number of halogens is 2. The minimum Gasteiger partial charge on any atom is -0.496 e. The molecule has 0 aliphatic rings. The van der Waals surface area contributed by atoms with Gasteiger partial charge in [0.15, 0.2) is 11.6 Å². The van der Waals surface area contributed by atoms with Crippen molar-refractivity contribution >= 4 is 0 Å². The summed E-state index contributed by atoms with van der Waals surface area (Å²) in [6.07, 6.45) is 3.16. The second-order valence-electron chi connectivity index (χ2n) is 3.20. The van der Waals surface area contributed by atoms with Crippen LogP contribution in [0.1, 0.15) is 0 Å². The third kappa shape index (κ3) is 1.86. The fraction of sp³-hybridized carbons (Fsp3) is 0.0833. The fourth-order valence-electron chi connectivity index (χ4n) is 1.45. The molecular formula is C12H9F2NO.